The molecule has 1 amide bonds. The predicted octanol–water partition coefficient (Wildman–Crippen LogP) is 2.81. The van der Waals surface area contributed by atoms with E-state index in [4.69, 9.17) is 16.3 Å². The Morgan fingerprint density at radius 2 is 1.96 bits per heavy atom. The molecule has 0 aliphatic carbocycles. The first-order chi connectivity index (χ1) is 12.9. The number of sulfone groups is 1. The minimum atomic E-state index is -3.05. The van der Waals surface area contributed by atoms with Crippen molar-refractivity contribution in [2.24, 2.45) is 0 Å². The first kappa shape index (κ1) is 19.7. The van der Waals surface area contributed by atoms with Gasteiger partial charge in [-0.05, 0) is 30.2 Å². The lowest BCUT2D eigenvalue weighted by Gasteiger charge is -2.22. The molecule has 1 saturated heterocycles. The number of methoxy groups -OCH3 is 1. The van der Waals surface area contributed by atoms with Crippen molar-refractivity contribution in [2.75, 3.05) is 23.9 Å². The summed E-state index contributed by atoms with van der Waals surface area (Å²) in [6.07, 6.45) is 0.493. The Kier molecular flexibility index (Phi) is 6.04. The second-order valence-corrected chi connectivity index (χ2v) is 9.08. The number of ether oxygens (including phenoxy) is 1. The fourth-order valence-electron chi connectivity index (χ4n) is 3.09. The van der Waals surface area contributed by atoms with Gasteiger partial charge >= 0.3 is 0 Å². The van der Waals surface area contributed by atoms with Crippen molar-refractivity contribution in [2.45, 2.75) is 18.5 Å². The molecule has 0 saturated carbocycles. The first-order valence-electron chi connectivity index (χ1n) is 8.54. The summed E-state index contributed by atoms with van der Waals surface area (Å²) in [6, 6.07) is 13.3. The minimum absolute atomic E-state index is 0.0397. The van der Waals surface area contributed by atoms with Crippen molar-refractivity contribution >= 4 is 33.0 Å². The Morgan fingerprint density at radius 3 is 2.56 bits per heavy atom. The first-order valence-corrected chi connectivity index (χ1v) is 10.7. The molecule has 2 atom stereocenters. The summed E-state index contributed by atoms with van der Waals surface area (Å²) in [6.45, 7) is 0. The minimum Gasteiger partial charge on any atom is -0.495 e. The Morgan fingerprint density at radius 1 is 1.22 bits per heavy atom. The zero-order valence-corrected chi connectivity index (χ0v) is 16.4. The van der Waals surface area contributed by atoms with Gasteiger partial charge in [-0.1, -0.05) is 41.9 Å². The highest BCUT2D eigenvalue weighted by Crippen LogP contribution is 2.28. The van der Waals surface area contributed by atoms with Crippen molar-refractivity contribution < 1.29 is 17.9 Å². The van der Waals surface area contributed by atoms with Crippen LogP contribution in [0.3, 0.4) is 0 Å². The van der Waals surface area contributed by atoms with Crippen LogP contribution in [0, 0.1) is 0 Å². The maximum absolute atomic E-state index is 12.9. The summed E-state index contributed by atoms with van der Waals surface area (Å²) in [5, 5.41) is 6.42. The van der Waals surface area contributed by atoms with Crippen LogP contribution in [0.15, 0.2) is 48.5 Å². The monoisotopic (exact) mass is 408 g/mol. The summed E-state index contributed by atoms with van der Waals surface area (Å²) in [5.74, 6) is 0.412. The zero-order chi connectivity index (χ0) is 19.4. The van der Waals surface area contributed by atoms with Gasteiger partial charge < -0.3 is 10.1 Å². The molecule has 1 aliphatic rings. The third-order valence-corrected chi connectivity index (χ3v) is 6.51. The van der Waals surface area contributed by atoms with Gasteiger partial charge in [-0.15, -0.1) is 0 Å². The van der Waals surface area contributed by atoms with E-state index in [0.29, 0.717) is 22.9 Å². The smallest absolute Gasteiger partial charge is 0.246 e. The van der Waals surface area contributed by atoms with E-state index in [0.717, 1.165) is 5.56 Å². The number of carbonyl (C=O) groups is 1. The van der Waals surface area contributed by atoms with E-state index < -0.39 is 15.9 Å². The number of carbonyl (C=O) groups excluding carboxylic acids is 1. The molecule has 1 aliphatic heterocycles. The van der Waals surface area contributed by atoms with Gasteiger partial charge in [0.1, 0.15) is 11.8 Å². The average molecular weight is 409 g/mol. The fraction of sp³-hybridized carbons (Fsp3) is 0.316. The van der Waals surface area contributed by atoms with E-state index in [1.165, 1.54) is 7.11 Å². The van der Waals surface area contributed by atoms with Crippen molar-refractivity contribution in [1.29, 1.82) is 0 Å². The maximum atomic E-state index is 12.9. The SMILES string of the molecule is COc1ccc(NC(=O)[C@@H](N[C@H]2CCS(=O)(=O)C2)c2ccccc2)cc1Cl. The van der Waals surface area contributed by atoms with Crippen LogP contribution >= 0.6 is 11.6 Å². The molecule has 2 aromatic rings. The molecule has 2 aromatic carbocycles. The van der Waals surface area contributed by atoms with Crippen LogP contribution in [0.1, 0.15) is 18.0 Å². The van der Waals surface area contributed by atoms with Crippen LogP contribution < -0.4 is 15.4 Å². The highest BCUT2D eigenvalue weighted by atomic mass is 35.5. The van der Waals surface area contributed by atoms with Gasteiger partial charge in [0.05, 0.1) is 23.6 Å². The lowest BCUT2D eigenvalue weighted by molar-refractivity contribution is -0.118. The van der Waals surface area contributed by atoms with E-state index in [9.17, 15) is 13.2 Å². The lowest BCUT2D eigenvalue weighted by Crippen LogP contribution is -2.40. The van der Waals surface area contributed by atoms with Gasteiger partial charge in [-0.2, -0.15) is 0 Å². The third-order valence-electron chi connectivity index (χ3n) is 4.45. The highest BCUT2D eigenvalue weighted by molar-refractivity contribution is 7.91. The van der Waals surface area contributed by atoms with Gasteiger partial charge in [-0.25, -0.2) is 8.42 Å². The third kappa shape index (κ3) is 5.00. The molecule has 0 bridgehead atoms. The van der Waals surface area contributed by atoms with E-state index in [1.54, 1.807) is 18.2 Å². The molecule has 144 valence electrons. The molecular formula is C19H21ClN2O4S. The Balaban J connectivity index is 1.79. The lowest BCUT2D eigenvalue weighted by atomic mass is 10.0. The van der Waals surface area contributed by atoms with Gasteiger partial charge in [-0.3, -0.25) is 10.1 Å². The van der Waals surface area contributed by atoms with Crippen molar-refractivity contribution in [3.05, 3.63) is 59.1 Å². The molecule has 6 nitrogen and oxygen atoms in total. The largest absolute Gasteiger partial charge is 0.495 e. The summed E-state index contributed by atoms with van der Waals surface area (Å²) in [7, 11) is -1.53. The standard InChI is InChI=1S/C19H21ClN2O4S/c1-26-17-8-7-14(11-16(17)20)22-19(23)18(13-5-3-2-4-6-13)21-15-9-10-27(24,25)12-15/h2-8,11,15,18,21H,9-10,12H2,1H3,(H,22,23)/t15-,18-/m0/s1. The normalized spacial score (nSPS) is 19.4. The number of hydrogen-bond acceptors (Lipinski definition) is 5. The second-order valence-electron chi connectivity index (χ2n) is 6.45. The highest BCUT2D eigenvalue weighted by Gasteiger charge is 2.32. The number of hydrogen-bond donors (Lipinski definition) is 2. The number of anilines is 1. The number of nitrogens with one attached hydrogen (secondary N) is 2. The van der Waals surface area contributed by atoms with Gasteiger partial charge in [0.2, 0.25) is 5.91 Å². The van der Waals surface area contributed by atoms with Gasteiger partial charge in [0, 0.05) is 11.7 Å². The number of benzene rings is 2. The van der Waals surface area contributed by atoms with E-state index in [1.807, 2.05) is 30.3 Å². The van der Waals surface area contributed by atoms with E-state index in [2.05, 4.69) is 10.6 Å². The molecule has 0 spiro atoms. The predicted molar refractivity (Wildman–Crippen MR) is 106 cm³/mol. The van der Waals surface area contributed by atoms with E-state index in [-0.39, 0.29) is 23.5 Å². The molecule has 2 N–H and O–H groups in total. The van der Waals surface area contributed by atoms with Gasteiger partial charge in [0.25, 0.3) is 0 Å². The van der Waals surface area contributed by atoms with Crippen molar-refractivity contribution in [1.82, 2.24) is 5.32 Å². The van der Waals surface area contributed by atoms with E-state index >= 15 is 0 Å². The van der Waals surface area contributed by atoms with Crippen LogP contribution in [0.4, 0.5) is 5.69 Å². The summed E-state index contributed by atoms with van der Waals surface area (Å²) < 4.78 is 28.6. The number of halogens is 1. The zero-order valence-electron chi connectivity index (χ0n) is 14.8. The molecule has 0 aromatic heterocycles. The molecule has 0 radical (unpaired) electrons. The van der Waals surface area contributed by atoms with Crippen molar-refractivity contribution in [3.63, 3.8) is 0 Å². The second kappa shape index (κ2) is 8.29. The van der Waals surface area contributed by atoms with Crippen LogP contribution in [-0.4, -0.2) is 39.0 Å². The molecule has 27 heavy (non-hydrogen) atoms. The Bertz CT molecular complexity index is 919. The molecule has 0 unspecified atom stereocenters. The molecular weight excluding hydrogens is 388 g/mol. The summed E-state index contributed by atoms with van der Waals surface area (Å²) in [5.41, 5.74) is 1.30. The molecule has 1 fully saturated rings. The van der Waals surface area contributed by atoms with Gasteiger partial charge in [0.15, 0.2) is 9.84 Å². The topological polar surface area (TPSA) is 84.5 Å². The van der Waals surface area contributed by atoms with Crippen LogP contribution in [0.2, 0.25) is 5.02 Å². The van der Waals surface area contributed by atoms with Crippen LogP contribution in [0.25, 0.3) is 0 Å². The average Bonchev–Trinajstić information content (AvgIpc) is 2.99. The summed E-state index contributed by atoms with van der Waals surface area (Å²) in [4.78, 5) is 12.9. The number of amides is 1. The summed E-state index contributed by atoms with van der Waals surface area (Å²) >= 11 is 6.12. The number of rotatable bonds is 6. The van der Waals surface area contributed by atoms with Crippen LogP contribution in [-0.2, 0) is 14.6 Å². The van der Waals surface area contributed by atoms with Crippen LogP contribution in [0.5, 0.6) is 5.75 Å². The molecule has 3 rings (SSSR count). The molecule has 1 heterocycles. The Labute approximate surface area is 163 Å². The molecule has 8 heteroatoms. The Hall–Kier alpha value is -2.09. The quantitative estimate of drug-likeness (QED) is 0.767. The van der Waals surface area contributed by atoms with Crippen molar-refractivity contribution in [3.8, 4) is 5.75 Å². The maximum Gasteiger partial charge on any atom is 0.246 e. The fourth-order valence-corrected chi connectivity index (χ4v) is 5.03.